The minimum atomic E-state index is -5.26. The van der Waals surface area contributed by atoms with Crippen molar-refractivity contribution in [1.82, 2.24) is 15.2 Å². The lowest BCUT2D eigenvalue weighted by Gasteiger charge is -2.31. The molecule has 0 fully saturated rings. The highest BCUT2D eigenvalue weighted by Gasteiger charge is 2.61. The van der Waals surface area contributed by atoms with Crippen molar-refractivity contribution in [3.63, 3.8) is 0 Å². The molecule has 1 amide bonds. The molecule has 0 saturated carbocycles. The van der Waals surface area contributed by atoms with Gasteiger partial charge in [0.2, 0.25) is 5.60 Å². The number of carbonyl (C=O) groups excluding carboxylic acids is 1. The van der Waals surface area contributed by atoms with E-state index in [2.05, 4.69) is 21.8 Å². The second kappa shape index (κ2) is 11.8. The summed E-state index contributed by atoms with van der Waals surface area (Å²) in [5.41, 5.74) is -9.04. The van der Waals surface area contributed by atoms with Crippen molar-refractivity contribution in [2.75, 3.05) is 5.32 Å². The third kappa shape index (κ3) is 7.23. The lowest BCUT2D eigenvalue weighted by atomic mass is 9.98. The Bertz CT molecular complexity index is 1450. The van der Waals surface area contributed by atoms with Crippen LogP contribution in [0.5, 0.6) is 0 Å². The number of carbonyl (C=O) groups is 2. The Balaban J connectivity index is 2.20. The summed E-state index contributed by atoms with van der Waals surface area (Å²) in [6.45, 7) is 7.12. The lowest BCUT2D eigenvalue weighted by molar-refractivity contribution is -0.295. The van der Waals surface area contributed by atoms with Crippen LogP contribution in [0.15, 0.2) is 53.5 Å². The van der Waals surface area contributed by atoms with Gasteiger partial charge in [-0.3, -0.25) is 5.32 Å². The molecule has 0 aliphatic rings. The van der Waals surface area contributed by atoms with Crippen molar-refractivity contribution in [3.8, 4) is 11.6 Å². The summed E-state index contributed by atoms with van der Waals surface area (Å²) in [6, 6.07) is 8.00. The normalized spacial score (nSPS) is 13.7. The van der Waals surface area contributed by atoms with Gasteiger partial charge in [0.15, 0.2) is 11.4 Å². The minimum Gasteiger partial charge on any atom is -0.476 e. The fourth-order valence-corrected chi connectivity index (χ4v) is 3.56. The van der Waals surface area contributed by atoms with E-state index in [0.717, 1.165) is 6.08 Å². The summed E-state index contributed by atoms with van der Waals surface area (Å²) < 4.78 is 100. The summed E-state index contributed by atoms with van der Waals surface area (Å²) >= 11 is 0. The number of anilines is 1. The third-order valence-corrected chi connectivity index (χ3v) is 5.36. The summed E-state index contributed by atoms with van der Waals surface area (Å²) in [6.07, 6.45) is -11.8. The van der Waals surface area contributed by atoms with Gasteiger partial charge in [0.05, 0.1) is 17.9 Å². The molecule has 3 rings (SSSR count). The van der Waals surface area contributed by atoms with Crippen LogP contribution in [0.2, 0.25) is 0 Å². The fourth-order valence-electron chi connectivity index (χ4n) is 3.56. The molecule has 0 radical (unpaired) electrons. The molecule has 16 heteroatoms. The van der Waals surface area contributed by atoms with Gasteiger partial charge in [-0.25, -0.2) is 14.6 Å². The Morgan fingerprint density at radius 3 is 2.24 bits per heavy atom. The third-order valence-electron chi connectivity index (χ3n) is 5.36. The Hall–Kier alpha value is -4.47. The monoisotopic (exact) mass is 602 g/mol. The molecule has 2 aromatic heterocycles. The van der Waals surface area contributed by atoms with Crippen molar-refractivity contribution in [2.45, 2.75) is 57.4 Å². The predicted molar refractivity (Wildman–Crippen MR) is 133 cm³/mol. The number of amides is 1. The molecular formula is C26H24F6N4O6. The van der Waals surface area contributed by atoms with Crippen LogP contribution < -0.4 is 5.32 Å². The van der Waals surface area contributed by atoms with Gasteiger partial charge in [0.1, 0.15) is 5.60 Å². The molecule has 42 heavy (non-hydrogen) atoms. The number of rotatable bonds is 9. The standard InChI is InChI=1S/C26H24F6N4O6/c1-5-11-24(26(30,31)32,40-13-14-9-7-6-8-10-14)21-36-35-19(41-21)18-16(33-22(39)42-23(2,3)4)12-15(25(27,28)29)17(34-18)20(37)38/h5-10,12H,1,11,13H2,2-4H3,(H,33,39)(H,37,38)/t24-/m1/s1. The van der Waals surface area contributed by atoms with E-state index in [1.165, 1.54) is 32.9 Å². The number of hydrogen-bond acceptors (Lipinski definition) is 8. The first-order valence-electron chi connectivity index (χ1n) is 11.9. The van der Waals surface area contributed by atoms with Crippen molar-refractivity contribution in [2.24, 2.45) is 0 Å². The summed E-state index contributed by atoms with van der Waals surface area (Å²) in [4.78, 5) is 27.5. The van der Waals surface area contributed by atoms with Crippen molar-refractivity contribution in [3.05, 3.63) is 71.8 Å². The Labute approximate surface area is 234 Å². The summed E-state index contributed by atoms with van der Waals surface area (Å²) in [5.74, 6) is -4.26. The fraction of sp³-hybridized carbons (Fsp3) is 0.346. The van der Waals surface area contributed by atoms with Gasteiger partial charge in [-0.2, -0.15) is 26.3 Å². The van der Waals surface area contributed by atoms with Crippen LogP contribution >= 0.6 is 0 Å². The number of nitrogens with one attached hydrogen (secondary N) is 1. The maximum absolute atomic E-state index is 14.5. The predicted octanol–water partition coefficient (Wildman–Crippen LogP) is 6.75. The van der Waals surface area contributed by atoms with E-state index < -0.39 is 83.1 Å². The Morgan fingerprint density at radius 2 is 1.71 bits per heavy atom. The van der Waals surface area contributed by atoms with E-state index in [4.69, 9.17) is 13.9 Å². The Morgan fingerprint density at radius 1 is 1.07 bits per heavy atom. The van der Waals surface area contributed by atoms with Crippen LogP contribution in [0.25, 0.3) is 11.6 Å². The number of alkyl halides is 6. The number of carboxylic acid groups (broad SMARTS) is 1. The highest BCUT2D eigenvalue weighted by atomic mass is 19.4. The maximum atomic E-state index is 14.5. The van der Waals surface area contributed by atoms with Gasteiger partial charge >= 0.3 is 24.4 Å². The highest BCUT2D eigenvalue weighted by molar-refractivity contribution is 5.93. The van der Waals surface area contributed by atoms with Crippen LogP contribution in [0, 0.1) is 0 Å². The molecule has 0 bridgehead atoms. The second-order valence-corrected chi connectivity index (χ2v) is 9.71. The van der Waals surface area contributed by atoms with Crippen LogP contribution in [0.3, 0.4) is 0 Å². The molecule has 226 valence electrons. The van der Waals surface area contributed by atoms with Crippen molar-refractivity contribution >= 4 is 17.7 Å². The van der Waals surface area contributed by atoms with Gasteiger partial charge in [-0.1, -0.05) is 36.4 Å². The lowest BCUT2D eigenvalue weighted by Crippen LogP contribution is -2.45. The molecule has 0 unspecified atom stereocenters. The largest absolute Gasteiger partial charge is 0.476 e. The zero-order chi connectivity index (χ0) is 31.5. The minimum absolute atomic E-state index is 0.215. The SMILES string of the molecule is C=CC[C@@](OCc1ccccc1)(c1nnc(-c2nc(C(=O)O)c(C(F)(F)F)cc2NC(=O)OC(C)(C)C)o1)C(F)(F)F. The first-order chi connectivity index (χ1) is 19.4. The number of carboxylic acids is 1. The molecule has 1 atom stereocenters. The van der Waals surface area contributed by atoms with Gasteiger partial charge in [-0.05, 0) is 32.4 Å². The van der Waals surface area contributed by atoms with E-state index >= 15 is 0 Å². The van der Waals surface area contributed by atoms with Crippen LogP contribution in [0.1, 0.15) is 54.7 Å². The van der Waals surface area contributed by atoms with E-state index in [1.54, 1.807) is 18.2 Å². The summed E-state index contributed by atoms with van der Waals surface area (Å²) in [5, 5.41) is 18.3. The molecule has 1 aromatic carbocycles. The van der Waals surface area contributed by atoms with Gasteiger partial charge < -0.3 is 19.0 Å². The second-order valence-electron chi connectivity index (χ2n) is 9.71. The van der Waals surface area contributed by atoms with Crippen LogP contribution in [0.4, 0.5) is 36.8 Å². The number of nitrogens with zero attached hydrogens (tertiary/aromatic N) is 3. The highest BCUT2D eigenvalue weighted by Crippen LogP contribution is 2.46. The molecule has 2 heterocycles. The van der Waals surface area contributed by atoms with E-state index in [0.29, 0.717) is 5.56 Å². The topological polar surface area (TPSA) is 137 Å². The molecule has 0 saturated heterocycles. The average Bonchev–Trinajstić information content (AvgIpc) is 3.34. The molecular weight excluding hydrogens is 578 g/mol. The van der Waals surface area contributed by atoms with Crippen LogP contribution in [-0.4, -0.2) is 44.1 Å². The number of aromatic carboxylic acids is 1. The van der Waals surface area contributed by atoms with Crippen molar-refractivity contribution in [1.29, 1.82) is 0 Å². The first-order valence-corrected chi connectivity index (χ1v) is 11.9. The molecule has 0 aliphatic heterocycles. The van der Waals surface area contributed by atoms with E-state index in [-0.39, 0.29) is 6.07 Å². The molecule has 0 spiro atoms. The van der Waals surface area contributed by atoms with Gasteiger partial charge in [-0.15, -0.1) is 16.8 Å². The number of ether oxygens (including phenoxy) is 2. The van der Waals surface area contributed by atoms with E-state index in [1.807, 2.05) is 5.32 Å². The molecule has 0 aliphatic carbocycles. The first kappa shape index (κ1) is 32.0. The van der Waals surface area contributed by atoms with Gasteiger partial charge in [0.25, 0.3) is 11.8 Å². The molecule has 10 nitrogen and oxygen atoms in total. The number of aromatic nitrogens is 3. The quantitative estimate of drug-likeness (QED) is 0.201. The molecule has 3 aromatic rings. The number of pyridine rings is 1. The number of halogens is 6. The molecule has 2 N–H and O–H groups in total. The summed E-state index contributed by atoms with van der Waals surface area (Å²) in [7, 11) is 0. The van der Waals surface area contributed by atoms with Crippen LogP contribution in [-0.2, 0) is 27.9 Å². The Kier molecular flexibility index (Phi) is 9.00. The van der Waals surface area contributed by atoms with E-state index in [9.17, 15) is 41.0 Å². The van der Waals surface area contributed by atoms with Gasteiger partial charge in [0, 0.05) is 6.42 Å². The zero-order valence-electron chi connectivity index (χ0n) is 22.3. The number of benzene rings is 1. The maximum Gasteiger partial charge on any atom is 0.426 e. The number of hydrogen-bond donors (Lipinski definition) is 2. The zero-order valence-corrected chi connectivity index (χ0v) is 22.3. The smallest absolute Gasteiger partial charge is 0.426 e. The van der Waals surface area contributed by atoms with Crippen molar-refractivity contribution < 1.29 is 54.9 Å². The average molecular weight is 602 g/mol.